The topological polar surface area (TPSA) is 84.9 Å². The molecule has 36 heavy (non-hydrogen) atoms. The van der Waals surface area contributed by atoms with Crippen molar-refractivity contribution in [2.75, 3.05) is 13.1 Å². The molecule has 3 heterocycles. The highest BCUT2D eigenvalue weighted by Gasteiger charge is 2.32. The van der Waals surface area contributed by atoms with Crippen LogP contribution in [0.25, 0.3) is 22.0 Å². The zero-order valence-electron chi connectivity index (χ0n) is 19.7. The van der Waals surface area contributed by atoms with Crippen LogP contribution in [-0.2, 0) is 13.1 Å². The van der Waals surface area contributed by atoms with E-state index in [0.717, 1.165) is 33.3 Å². The quantitative estimate of drug-likeness (QED) is 0.283. The van der Waals surface area contributed by atoms with Crippen LogP contribution in [0.5, 0.6) is 0 Å². The van der Waals surface area contributed by atoms with E-state index in [1.165, 1.54) is 0 Å². The number of aromatic nitrogens is 3. The highest BCUT2D eigenvalue weighted by Crippen LogP contribution is 2.36. The number of amides is 1. The Morgan fingerprint density at radius 1 is 1.00 bits per heavy atom. The first-order valence-corrected chi connectivity index (χ1v) is 12.0. The lowest BCUT2D eigenvalue weighted by atomic mass is 10.0. The number of fused-ring (bicyclic) bond motifs is 2. The van der Waals surface area contributed by atoms with Crippen LogP contribution < -0.4 is 4.65 Å². The Morgan fingerprint density at radius 3 is 2.67 bits per heavy atom. The number of quaternary nitrogens is 1. The number of nitrogens with zero attached hydrogens (tertiary/aromatic N) is 4. The molecule has 0 radical (unpaired) electrons. The number of benzene rings is 3. The van der Waals surface area contributed by atoms with Gasteiger partial charge >= 0.3 is 0 Å². The van der Waals surface area contributed by atoms with Gasteiger partial charge in [-0.15, -0.1) is 0 Å². The second-order valence-electron chi connectivity index (χ2n) is 9.16. The molecule has 3 aromatic carbocycles. The molecule has 178 valence electrons. The first kappa shape index (κ1) is 22.2. The summed E-state index contributed by atoms with van der Waals surface area (Å²) in [4.78, 5) is 27.2. The molecule has 7 heteroatoms. The number of carbonyl (C=O) groups excluding carboxylic acids is 1. The molecule has 0 saturated carbocycles. The van der Waals surface area contributed by atoms with Crippen LogP contribution in [0.2, 0.25) is 0 Å². The van der Waals surface area contributed by atoms with E-state index in [1.54, 1.807) is 29.7 Å². The molecule has 1 aliphatic rings. The van der Waals surface area contributed by atoms with Gasteiger partial charge in [0, 0.05) is 23.2 Å². The zero-order chi connectivity index (χ0) is 24.5. The number of hydrogen-bond acceptors (Lipinski definition) is 4. The summed E-state index contributed by atoms with van der Waals surface area (Å²) in [6.07, 6.45) is 4.94. The molecule has 0 fully saturated rings. The fourth-order valence-electron chi connectivity index (χ4n) is 5.04. The van der Waals surface area contributed by atoms with Gasteiger partial charge in [0.1, 0.15) is 18.8 Å². The summed E-state index contributed by atoms with van der Waals surface area (Å²) >= 11 is 0. The van der Waals surface area contributed by atoms with Crippen molar-refractivity contribution in [3.8, 4) is 11.1 Å². The zero-order valence-corrected chi connectivity index (χ0v) is 19.7. The summed E-state index contributed by atoms with van der Waals surface area (Å²) in [6, 6.07) is 25.5. The molecular formula is C29H25N5O2. The summed E-state index contributed by atoms with van der Waals surface area (Å²) in [5, 5.41) is 15.2. The van der Waals surface area contributed by atoms with Gasteiger partial charge in [0.15, 0.2) is 0 Å². The third-order valence-corrected chi connectivity index (χ3v) is 6.87. The van der Waals surface area contributed by atoms with Crippen molar-refractivity contribution in [2.24, 2.45) is 0 Å². The average Bonchev–Trinajstić information content (AvgIpc) is 3.38. The van der Waals surface area contributed by atoms with Crippen LogP contribution in [0, 0.1) is 5.21 Å². The first-order chi connectivity index (χ1) is 17.6. The fraction of sp³-hybridized carbons (Fsp3) is 0.138. The van der Waals surface area contributed by atoms with Crippen LogP contribution in [0.3, 0.4) is 0 Å². The van der Waals surface area contributed by atoms with E-state index >= 15 is 0 Å². The smallest absolute Gasteiger partial charge is 0.255 e. The summed E-state index contributed by atoms with van der Waals surface area (Å²) in [6.45, 7) is 1.16. The number of nitrogens with one attached hydrogen (secondary N) is 1. The standard InChI is InChI=1S/C29H25N5O2/c35-29(26-12-13-31-27-9-5-4-8-25(26)27)33-14-15-34(36,19-24-17-30-20-32-24)28-11-10-22(16-23(28)18-33)21-6-2-1-3-7-21/h1-13,16-17,20H,14-15,18-19H2,(H,30,32). The monoisotopic (exact) mass is 475 g/mol. The predicted octanol–water partition coefficient (Wildman–Crippen LogP) is 5.29. The van der Waals surface area contributed by atoms with Crippen LogP contribution in [0.15, 0.2) is 97.6 Å². The summed E-state index contributed by atoms with van der Waals surface area (Å²) in [5.74, 6) is -0.0975. The minimum atomic E-state index is -0.562. The number of hydroxylamine groups is 2. The molecule has 0 spiro atoms. The highest BCUT2D eigenvalue weighted by atomic mass is 16.5. The lowest BCUT2D eigenvalue weighted by molar-refractivity contribution is 0.0743. The molecule has 5 aromatic rings. The molecule has 1 aliphatic heterocycles. The molecule has 0 bridgehead atoms. The van der Waals surface area contributed by atoms with E-state index in [4.69, 9.17) is 0 Å². The van der Waals surface area contributed by atoms with Gasteiger partial charge in [-0.25, -0.2) is 4.98 Å². The van der Waals surface area contributed by atoms with E-state index < -0.39 is 4.65 Å². The van der Waals surface area contributed by atoms with E-state index in [2.05, 4.69) is 21.0 Å². The Balaban J connectivity index is 1.43. The average molecular weight is 476 g/mol. The lowest BCUT2D eigenvalue weighted by Gasteiger charge is -2.41. The van der Waals surface area contributed by atoms with Gasteiger partial charge in [0.05, 0.1) is 42.4 Å². The van der Waals surface area contributed by atoms with Crippen LogP contribution in [0.1, 0.15) is 21.6 Å². The Kier molecular flexibility index (Phi) is 5.56. The second-order valence-corrected chi connectivity index (χ2v) is 9.16. The van der Waals surface area contributed by atoms with E-state index in [9.17, 15) is 10.0 Å². The van der Waals surface area contributed by atoms with Gasteiger partial charge in [-0.2, -0.15) is 0 Å². The number of imidazole rings is 1. The van der Waals surface area contributed by atoms with E-state index in [0.29, 0.717) is 24.3 Å². The first-order valence-electron chi connectivity index (χ1n) is 12.0. The van der Waals surface area contributed by atoms with Gasteiger partial charge < -0.3 is 19.7 Å². The van der Waals surface area contributed by atoms with E-state index in [1.807, 2.05) is 66.7 Å². The molecule has 2 aromatic heterocycles. The number of hydrogen-bond donors (Lipinski definition) is 1. The maximum atomic E-state index is 14.3. The molecule has 6 rings (SSSR count). The van der Waals surface area contributed by atoms with Crippen molar-refractivity contribution in [1.82, 2.24) is 24.5 Å². The number of pyridine rings is 1. The van der Waals surface area contributed by atoms with Crippen molar-refractivity contribution in [1.29, 1.82) is 0 Å². The Labute approximate surface area is 208 Å². The minimum absolute atomic E-state index is 0.0975. The lowest BCUT2D eigenvalue weighted by Crippen LogP contribution is -2.46. The Morgan fingerprint density at radius 2 is 1.83 bits per heavy atom. The van der Waals surface area contributed by atoms with Gasteiger partial charge in [-0.3, -0.25) is 9.78 Å². The van der Waals surface area contributed by atoms with Crippen molar-refractivity contribution in [2.45, 2.75) is 13.1 Å². The summed E-state index contributed by atoms with van der Waals surface area (Å²) < 4.78 is -0.562. The van der Waals surface area contributed by atoms with Crippen LogP contribution in [-0.4, -0.2) is 38.8 Å². The van der Waals surface area contributed by atoms with Crippen molar-refractivity contribution in [3.05, 3.63) is 120 Å². The molecule has 1 N–H and O–H groups in total. The van der Waals surface area contributed by atoms with E-state index in [-0.39, 0.29) is 19.0 Å². The third kappa shape index (κ3) is 4.04. The Hall–Kier alpha value is -4.33. The van der Waals surface area contributed by atoms with Crippen LogP contribution >= 0.6 is 0 Å². The van der Waals surface area contributed by atoms with Gasteiger partial charge in [0.25, 0.3) is 5.91 Å². The summed E-state index contributed by atoms with van der Waals surface area (Å²) in [5.41, 5.74) is 5.77. The minimum Gasteiger partial charge on any atom is -0.627 e. The van der Waals surface area contributed by atoms with Crippen molar-refractivity contribution >= 4 is 22.5 Å². The maximum Gasteiger partial charge on any atom is 0.255 e. The van der Waals surface area contributed by atoms with Crippen LogP contribution in [0.4, 0.5) is 5.69 Å². The molecule has 1 unspecified atom stereocenters. The fourth-order valence-corrected chi connectivity index (χ4v) is 5.04. The Bertz CT molecular complexity index is 1530. The molecule has 1 atom stereocenters. The highest BCUT2D eigenvalue weighted by molar-refractivity contribution is 6.06. The SMILES string of the molecule is O=C(c1ccnc2ccccc12)N1CC[N+]([O-])(Cc2cnc[nH]2)c2ccc(-c3ccccc3)cc2C1. The number of para-hydroxylation sites is 1. The molecular weight excluding hydrogens is 450 g/mol. The molecule has 0 aliphatic carbocycles. The number of carbonyl (C=O) groups is 1. The molecule has 7 nitrogen and oxygen atoms in total. The second kappa shape index (κ2) is 9.03. The van der Waals surface area contributed by atoms with Gasteiger partial charge in [-0.05, 0) is 35.4 Å². The predicted molar refractivity (Wildman–Crippen MR) is 141 cm³/mol. The normalized spacial score (nSPS) is 17.5. The number of H-pyrrole nitrogens is 1. The summed E-state index contributed by atoms with van der Waals surface area (Å²) in [7, 11) is 0. The van der Waals surface area contributed by atoms with Gasteiger partial charge in [-0.1, -0.05) is 48.5 Å². The number of rotatable bonds is 4. The third-order valence-electron chi connectivity index (χ3n) is 6.87. The maximum absolute atomic E-state index is 14.3. The van der Waals surface area contributed by atoms with Crippen molar-refractivity contribution < 1.29 is 4.79 Å². The number of aromatic amines is 1. The molecule has 1 amide bonds. The van der Waals surface area contributed by atoms with Gasteiger partial charge in [0.2, 0.25) is 0 Å². The van der Waals surface area contributed by atoms with Crippen molar-refractivity contribution in [3.63, 3.8) is 0 Å². The molecule has 0 saturated heterocycles. The largest absolute Gasteiger partial charge is 0.627 e.